The maximum absolute atomic E-state index is 12.0. The predicted molar refractivity (Wildman–Crippen MR) is 72.3 cm³/mol. The van der Waals surface area contributed by atoms with E-state index in [9.17, 15) is 4.79 Å². The van der Waals surface area contributed by atoms with Gasteiger partial charge < -0.3 is 20.2 Å². The summed E-state index contributed by atoms with van der Waals surface area (Å²) < 4.78 is 10.5. The Morgan fingerprint density at radius 3 is 2.79 bits per heavy atom. The smallest absolute Gasteiger partial charge is 0.291 e. The van der Waals surface area contributed by atoms with Gasteiger partial charge in [-0.3, -0.25) is 4.79 Å². The molecule has 2 rings (SSSR count). The van der Waals surface area contributed by atoms with Crippen LogP contribution in [0.25, 0.3) is 0 Å². The van der Waals surface area contributed by atoms with Gasteiger partial charge >= 0.3 is 0 Å². The summed E-state index contributed by atoms with van der Waals surface area (Å²) in [5.74, 6) is 1.17. The zero-order valence-electron chi connectivity index (χ0n) is 10.8. The molecule has 0 fully saturated rings. The van der Waals surface area contributed by atoms with Crippen molar-refractivity contribution in [2.45, 2.75) is 13.0 Å². The van der Waals surface area contributed by atoms with E-state index in [2.05, 4.69) is 5.32 Å². The number of methoxy groups -OCH3 is 1. The number of amides is 1. The van der Waals surface area contributed by atoms with E-state index in [1.165, 1.54) is 0 Å². The van der Waals surface area contributed by atoms with Crippen molar-refractivity contribution < 1.29 is 13.9 Å². The van der Waals surface area contributed by atoms with Gasteiger partial charge in [-0.15, -0.1) is 0 Å². The molecule has 1 heterocycles. The van der Waals surface area contributed by atoms with E-state index >= 15 is 0 Å². The molecule has 0 aliphatic rings. The Morgan fingerprint density at radius 1 is 1.37 bits per heavy atom. The second kappa shape index (κ2) is 5.58. The lowest BCUT2D eigenvalue weighted by Gasteiger charge is -2.05. The first-order valence-electron chi connectivity index (χ1n) is 5.91. The maximum Gasteiger partial charge on any atom is 0.291 e. The normalized spacial score (nSPS) is 11.9. The van der Waals surface area contributed by atoms with Crippen molar-refractivity contribution in [3.63, 3.8) is 0 Å². The summed E-state index contributed by atoms with van der Waals surface area (Å²) in [6, 6.07) is 10.2. The highest BCUT2D eigenvalue weighted by molar-refractivity contribution is 6.02. The molecule has 1 atom stereocenters. The van der Waals surface area contributed by atoms with Gasteiger partial charge in [-0.25, -0.2) is 0 Å². The molecule has 100 valence electrons. The van der Waals surface area contributed by atoms with E-state index < -0.39 is 0 Å². The third-order valence-electron chi connectivity index (χ3n) is 2.63. The number of hydrogen-bond donors (Lipinski definition) is 2. The molecule has 1 aromatic carbocycles. The number of anilines is 1. The van der Waals surface area contributed by atoms with Gasteiger partial charge in [0.1, 0.15) is 11.5 Å². The minimum absolute atomic E-state index is 0.232. The van der Waals surface area contributed by atoms with Gasteiger partial charge in [-0.2, -0.15) is 0 Å². The third kappa shape index (κ3) is 3.14. The number of rotatable bonds is 4. The van der Waals surface area contributed by atoms with Gasteiger partial charge in [0.25, 0.3) is 5.91 Å². The fourth-order valence-electron chi connectivity index (χ4n) is 1.61. The lowest BCUT2D eigenvalue weighted by molar-refractivity contribution is 0.0994. The first-order chi connectivity index (χ1) is 9.10. The van der Waals surface area contributed by atoms with E-state index in [0.29, 0.717) is 17.2 Å². The lowest BCUT2D eigenvalue weighted by atomic mass is 10.3. The zero-order valence-corrected chi connectivity index (χ0v) is 10.8. The van der Waals surface area contributed by atoms with Crippen molar-refractivity contribution in [1.82, 2.24) is 0 Å². The molecule has 0 radical (unpaired) electrons. The molecule has 2 aromatic rings. The second-order valence-electron chi connectivity index (χ2n) is 4.18. The van der Waals surface area contributed by atoms with Gasteiger partial charge in [0.15, 0.2) is 5.76 Å². The summed E-state index contributed by atoms with van der Waals surface area (Å²) in [5, 5.41) is 2.73. The number of nitrogens with one attached hydrogen (secondary N) is 1. The molecule has 0 bridgehead atoms. The van der Waals surface area contributed by atoms with Gasteiger partial charge in [0.05, 0.1) is 13.2 Å². The summed E-state index contributed by atoms with van der Waals surface area (Å²) in [5.41, 5.74) is 6.32. The number of ether oxygens (including phenoxy) is 1. The van der Waals surface area contributed by atoms with E-state index in [1.807, 2.05) is 0 Å². The zero-order chi connectivity index (χ0) is 13.8. The van der Waals surface area contributed by atoms with Crippen molar-refractivity contribution in [1.29, 1.82) is 0 Å². The standard InChI is InChI=1S/C14H16N2O3/c1-9(15)12-6-7-13(19-12)14(17)16-10-4-3-5-11(8-10)18-2/h3-9H,15H2,1-2H3,(H,16,17). The van der Waals surface area contributed by atoms with Crippen LogP contribution in [0, 0.1) is 0 Å². The molecule has 1 unspecified atom stereocenters. The van der Waals surface area contributed by atoms with Crippen LogP contribution in [0.15, 0.2) is 40.8 Å². The van der Waals surface area contributed by atoms with Crippen molar-refractivity contribution in [2.75, 3.05) is 12.4 Å². The minimum atomic E-state index is -0.319. The molecule has 5 heteroatoms. The van der Waals surface area contributed by atoms with Crippen LogP contribution >= 0.6 is 0 Å². The van der Waals surface area contributed by atoms with Gasteiger partial charge in [0, 0.05) is 11.8 Å². The molecule has 0 saturated heterocycles. The van der Waals surface area contributed by atoms with Gasteiger partial charge in [0.2, 0.25) is 0 Å². The summed E-state index contributed by atoms with van der Waals surface area (Å²) in [6.07, 6.45) is 0. The van der Waals surface area contributed by atoms with Crippen LogP contribution in [0.4, 0.5) is 5.69 Å². The highest BCUT2D eigenvalue weighted by Crippen LogP contribution is 2.19. The molecule has 19 heavy (non-hydrogen) atoms. The highest BCUT2D eigenvalue weighted by atomic mass is 16.5. The fraction of sp³-hybridized carbons (Fsp3) is 0.214. The third-order valence-corrected chi connectivity index (χ3v) is 2.63. The molecule has 1 aromatic heterocycles. The van der Waals surface area contributed by atoms with Gasteiger partial charge in [-0.1, -0.05) is 6.07 Å². The van der Waals surface area contributed by atoms with Crippen LogP contribution < -0.4 is 15.8 Å². The van der Waals surface area contributed by atoms with Crippen molar-refractivity contribution in [2.24, 2.45) is 5.73 Å². The Kier molecular flexibility index (Phi) is 3.87. The summed E-state index contributed by atoms with van der Waals surface area (Å²) >= 11 is 0. The molecule has 0 spiro atoms. The molecule has 3 N–H and O–H groups in total. The van der Waals surface area contributed by atoms with Crippen LogP contribution in [0.2, 0.25) is 0 Å². The molecular formula is C14H16N2O3. The lowest BCUT2D eigenvalue weighted by Crippen LogP contribution is -2.11. The Hall–Kier alpha value is -2.27. The fourth-order valence-corrected chi connectivity index (χ4v) is 1.61. The average molecular weight is 260 g/mol. The monoisotopic (exact) mass is 260 g/mol. The number of benzene rings is 1. The quantitative estimate of drug-likeness (QED) is 0.885. The van der Waals surface area contributed by atoms with Crippen molar-refractivity contribution in [3.05, 3.63) is 47.9 Å². The van der Waals surface area contributed by atoms with Crippen molar-refractivity contribution >= 4 is 11.6 Å². The molecule has 0 aliphatic carbocycles. The number of carbonyl (C=O) groups is 1. The minimum Gasteiger partial charge on any atom is -0.497 e. The number of carbonyl (C=O) groups excluding carboxylic acids is 1. The molecular weight excluding hydrogens is 244 g/mol. The number of furan rings is 1. The van der Waals surface area contributed by atoms with Crippen LogP contribution in [-0.2, 0) is 0 Å². The summed E-state index contributed by atoms with van der Waals surface area (Å²) in [4.78, 5) is 12.0. The van der Waals surface area contributed by atoms with Crippen LogP contribution in [-0.4, -0.2) is 13.0 Å². The molecule has 0 saturated carbocycles. The molecule has 1 amide bonds. The Morgan fingerprint density at radius 2 is 2.16 bits per heavy atom. The summed E-state index contributed by atoms with van der Waals surface area (Å²) in [7, 11) is 1.57. The summed E-state index contributed by atoms with van der Waals surface area (Å²) in [6.45, 7) is 1.79. The first-order valence-corrected chi connectivity index (χ1v) is 5.91. The Labute approximate surface area is 111 Å². The Balaban J connectivity index is 2.11. The highest BCUT2D eigenvalue weighted by Gasteiger charge is 2.13. The second-order valence-corrected chi connectivity index (χ2v) is 4.18. The largest absolute Gasteiger partial charge is 0.497 e. The predicted octanol–water partition coefficient (Wildman–Crippen LogP) is 2.56. The van der Waals surface area contributed by atoms with Crippen LogP contribution in [0.1, 0.15) is 29.3 Å². The molecule has 0 aliphatic heterocycles. The topological polar surface area (TPSA) is 77.5 Å². The first kappa shape index (κ1) is 13.2. The van der Waals surface area contributed by atoms with E-state index in [1.54, 1.807) is 50.4 Å². The van der Waals surface area contributed by atoms with Crippen LogP contribution in [0.3, 0.4) is 0 Å². The van der Waals surface area contributed by atoms with Crippen LogP contribution in [0.5, 0.6) is 5.75 Å². The number of nitrogens with two attached hydrogens (primary N) is 1. The SMILES string of the molecule is COc1cccc(NC(=O)c2ccc(C(C)N)o2)c1. The van der Waals surface area contributed by atoms with E-state index in [-0.39, 0.29) is 17.7 Å². The molecule has 5 nitrogen and oxygen atoms in total. The van der Waals surface area contributed by atoms with E-state index in [0.717, 1.165) is 0 Å². The maximum atomic E-state index is 12.0. The van der Waals surface area contributed by atoms with Gasteiger partial charge in [-0.05, 0) is 31.2 Å². The van der Waals surface area contributed by atoms with E-state index in [4.69, 9.17) is 14.9 Å². The Bertz CT molecular complexity index is 576. The number of hydrogen-bond acceptors (Lipinski definition) is 4. The van der Waals surface area contributed by atoms with Crippen molar-refractivity contribution in [3.8, 4) is 5.75 Å². The average Bonchev–Trinajstić information content (AvgIpc) is 2.89.